The fourth-order valence-corrected chi connectivity index (χ4v) is 1.13. The van der Waals surface area contributed by atoms with Gasteiger partial charge in [-0.05, 0) is 31.0 Å². The molecule has 0 fully saturated rings. The lowest BCUT2D eigenvalue weighted by Crippen LogP contribution is -2.18. The second-order valence-corrected chi connectivity index (χ2v) is 3.51. The summed E-state index contributed by atoms with van der Waals surface area (Å²) >= 11 is 0. The second kappa shape index (κ2) is 4.86. The molecule has 1 aromatic rings. The van der Waals surface area contributed by atoms with E-state index < -0.39 is 0 Å². The maximum Gasteiger partial charge on any atom is 0.0709 e. The largest absolute Gasteiger partial charge is 0.398 e. The predicted octanol–water partition coefficient (Wildman–Crippen LogP) is 1.76. The van der Waals surface area contributed by atoms with Crippen LogP contribution in [-0.4, -0.2) is 17.8 Å². The highest BCUT2D eigenvalue weighted by Crippen LogP contribution is 2.16. The van der Waals surface area contributed by atoms with E-state index in [1.165, 1.54) is 0 Å². The smallest absolute Gasteiger partial charge is 0.0709 e. The lowest BCUT2D eigenvalue weighted by Gasteiger charge is -2.11. The van der Waals surface area contributed by atoms with E-state index in [0.717, 1.165) is 23.4 Å². The summed E-state index contributed by atoms with van der Waals surface area (Å²) in [5.41, 5.74) is 8.57. The van der Waals surface area contributed by atoms with Gasteiger partial charge in [0.1, 0.15) is 0 Å². The zero-order valence-electron chi connectivity index (χ0n) is 8.75. The van der Waals surface area contributed by atoms with Crippen LogP contribution >= 0.6 is 0 Å². The van der Waals surface area contributed by atoms with Crippen LogP contribution < -0.4 is 11.1 Å². The number of nitrogen functional groups attached to an aromatic ring is 1. The number of hydrogen-bond donors (Lipinski definition) is 3. The summed E-state index contributed by atoms with van der Waals surface area (Å²) in [5.74, 6) is 0. The number of rotatable bonds is 4. The van der Waals surface area contributed by atoms with E-state index >= 15 is 0 Å². The molecule has 78 valence electrons. The zero-order chi connectivity index (χ0) is 10.6. The molecule has 0 radical (unpaired) electrons. The first-order valence-corrected chi connectivity index (χ1v) is 4.91. The van der Waals surface area contributed by atoms with Gasteiger partial charge >= 0.3 is 0 Å². The molecule has 1 atom stereocenters. The fraction of sp³-hybridized carbons (Fsp3) is 0.455. The minimum absolute atomic E-state index is 0.294. The molecule has 0 bridgehead atoms. The van der Waals surface area contributed by atoms with Gasteiger partial charge in [-0.25, -0.2) is 0 Å². The molecule has 0 aliphatic carbocycles. The Morgan fingerprint density at radius 2 is 2.21 bits per heavy atom. The van der Waals surface area contributed by atoms with Crippen molar-refractivity contribution in [3.8, 4) is 0 Å². The molecular formula is C11H18N2O. The Morgan fingerprint density at radius 1 is 1.50 bits per heavy atom. The van der Waals surface area contributed by atoms with Crippen LogP contribution in [0.5, 0.6) is 0 Å². The molecule has 3 heteroatoms. The molecule has 4 N–H and O–H groups in total. The Morgan fingerprint density at radius 3 is 2.79 bits per heavy atom. The van der Waals surface area contributed by atoms with Gasteiger partial charge in [-0.2, -0.15) is 0 Å². The van der Waals surface area contributed by atoms with Crippen molar-refractivity contribution in [1.82, 2.24) is 0 Å². The van der Waals surface area contributed by atoms with Crippen molar-refractivity contribution in [2.75, 3.05) is 17.6 Å². The van der Waals surface area contributed by atoms with Gasteiger partial charge in [0.05, 0.1) is 6.10 Å². The second-order valence-electron chi connectivity index (χ2n) is 3.51. The van der Waals surface area contributed by atoms with Crippen LogP contribution in [0, 0.1) is 6.92 Å². The number of anilines is 2. The molecule has 0 amide bonds. The molecule has 0 spiro atoms. The molecule has 0 aliphatic heterocycles. The van der Waals surface area contributed by atoms with E-state index in [1.54, 1.807) is 0 Å². The molecule has 0 aromatic heterocycles. The quantitative estimate of drug-likeness (QED) is 0.640. The highest BCUT2D eigenvalue weighted by molar-refractivity contribution is 5.58. The summed E-state index contributed by atoms with van der Waals surface area (Å²) in [4.78, 5) is 0. The Kier molecular flexibility index (Phi) is 3.77. The summed E-state index contributed by atoms with van der Waals surface area (Å²) in [5, 5.41) is 12.5. The van der Waals surface area contributed by atoms with Crippen molar-refractivity contribution in [1.29, 1.82) is 0 Å². The van der Waals surface area contributed by atoms with Crippen molar-refractivity contribution in [2.24, 2.45) is 0 Å². The standard InChI is InChI=1S/C11H18N2O/c1-3-10(14)7-13-9-5-4-8(2)11(12)6-9/h4-6,10,13-14H,3,7,12H2,1-2H3. The number of aryl methyl sites for hydroxylation is 1. The van der Waals surface area contributed by atoms with Gasteiger partial charge in [0, 0.05) is 17.9 Å². The first kappa shape index (κ1) is 10.9. The van der Waals surface area contributed by atoms with Crippen LogP contribution in [0.1, 0.15) is 18.9 Å². The van der Waals surface area contributed by atoms with Crippen molar-refractivity contribution >= 4 is 11.4 Å². The maximum absolute atomic E-state index is 9.35. The Balaban J connectivity index is 2.55. The van der Waals surface area contributed by atoms with Gasteiger partial charge in [0.2, 0.25) is 0 Å². The third-order valence-corrected chi connectivity index (χ3v) is 2.29. The van der Waals surface area contributed by atoms with E-state index in [2.05, 4.69) is 5.32 Å². The number of aliphatic hydroxyl groups excluding tert-OH is 1. The molecule has 3 nitrogen and oxygen atoms in total. The van der Waals surface area contributed by atoms with Crippen molar-refractivity contribution in [3.63, 3.8) is 0 Å². The Hall–Kier alpha value is -1.22. The molecule has 1 aromatic carbocycles. The summed E-state index contributed by atoms with van der Waals surface area (Å²) in [7, 11) is 0. The monoisotopic (exact) mass is 194 g/mol. The van der Waals surface area contributed by atoms with Crippen molar-refractivity contribution < 1.29 is 5.11 Å². The van der Waals surface area contributed by atoms with Gasteiger partial charge in [-0.15, -0.1) is 0 Å². The molecule has 1 unspecified atom stereocenters. The number of nitrogens with two attached hydrogens (primary N) is 1. The summed E-state index contributed by atoms with van der Waals surface area (Å²) in [6.07, 6.45) is 0.464. The third kappa shape index (κ3) is 2.92. The SMILES string of the molecule is CCC(O)CNc1ccc(C)c(N)c1. The lowest BCUT2D eigenvalue weighted by atomic mass is 10.2. The van der Waals surface area contributed by atoms with E-state index in [-0.39, 0.29) is 6.10 Å². The van der Waals surface area contributed by atoms with Crippen LogP contribution in [-0.2, 0) is 0 Å². The molecule has 1 rings (SSSR count). The van der Waals surface area contributed by atoms with Gasteiger partial charge in [0.15, 0.2) is 0 Å². The van der Waals surface area contributed by atoms with Gasteiger partial charge in [0.25, 0.3) is 0 Å². The van der Waals surface area contributed by atoms with Crippen molar-refractivity contribution in [3.05, 3.63) is 23.8 Å². The Bertz CT molecular complexity index is 299. The van der Waals surface area contributed by atoms with Gasteiger partial charge < -0.3 is 16.2 Å². The van der Waals surface area contributed by atoms with E-state index in [9.17, 15) is 5.11 Å². The molecule has 0 saturated heterocycles. The average molecular weight is 194 g/mol. The highest BCUT2D eigenvalue weighted by Gasteiger charge is 2.00. The number of aliphatic hydroxyl groups is 1. The van der Waals surface area contributed by atoms with E-state index in [0.29, 0.717) is 6.54 Å². The van der Waals surface area contributed by atoms with Crippen molar-refractivity contribution in [2.45, 2.75) is 26.4 Å². The fourth-order valence-electron chi connectivity index (χ4n) is 1.13. The first-order chi connectivity index (χ1) is 6.63. The van der Waals surface area contributed by atoms with Crippen LogP contribution in [0.2, 0.25) is 0 Å². The number of benzene rings is 1. The minimum Gasteiger partial charge on any atom is -0.398 e. The highest BCUT2D eigenvalue weighted by atomic mass is 16.3. The molecule has 0 aliphatic rings. The Labute approximate surface area is 84.9 Å². The normalized spacial score (nSPS) is 12.5. The molecule has 14 heavy (non-hydrogen) atoms. The van der Waals surface area contributed by atoms with Gasteiger partial charge in [-0.1, -0.05) is 13.0 Å². The van der Waals surface area contributed by atoms with E-state index in [1.807, 2.05) is 32.0 Å². The number of nitrogens with one attached hydrogen (secondary N) is 1. The van der Waals surface area contributed by atoms with Gasteiger partial charge in [-0.3, -0.25) is 0 Å². The lowest BCUT2D eigenvalue weighted by molar-refractivity contribution is 0.183. The van der Waals surface area contributed by atoms with Crippen LogP contribution in [0.25, 0.3) is 0 Å². The molecular weight excluding hydrogens is 176 g/mol. The minimum atomic E-state index is -0.294. The molecule has 0 heterocycles. The van der Waals surface area contributed by atoms with Crippen LogP contribution in [0.3, 0.4) is 0 Å². The average Bonchev–Trinajstić information content (AvgIpc) is 2.19. The third-order valence-electron chi connectivity index (χ3n) is 2.29. The predicted molar refractivity (Wildman–Crippen MR) is 60.4 cm³/mol. The molecule has 0 saturated carbocycles. The number of hydrogen-bond acceptors (Lipinski definition) is 3. The zero-order valence-corrected chi connectivity index (χ0v) is 8.75. The van der Waals surface area contributed by atoms with Crippen LogP contribution in [0.4, 0.5) is 11.4 Å². The van der Waals surface area contributed by atoms with Crippen LogP contribution in [0.15, 0.2) is 18.2 Å². The maximum atomic E-state index is 9.35. The first-order valence-electron chi connectivity index (χ1n) is 4.91. The summed E-state index contributed by atoms with van der Waals surface area (Å²) in [6.45, 7) is 4.49. The van der Waals surface area contributed by atoms with E-state index in [4.69, 9.17) is 5.73 Å². The topological polar surface area (TPSA) is 58.3 Å². The summed E-state index contributed by atoms with van der Waals surface area (Å²) < 4.78 is 0. The summed E-state index contributed by atoms with van der Waals surface area (Å²) in [6, 6.07) is 5.82.